The summed E-state index contributed by atoms with van der Waals surface area (Å²) in [6, 6.07) is 9.34. The van der Waals surface area contributed by atoms with Crippen molar-refractivity contribution < 1.29 is 9.18 Å². The maximum Gasteiger partial charge on any atom is 0.257 e. The minimum Gasteiger partial charge on any atom is -0.332 e. The molecule has 2 N–H and O–H groups in total. The second-order valence-electron chi connectivity index (χ2n) is 4.83. The molecule has 0 saturated heterocycles. The number of carbonyl (C=O) groups excluding carboxylic acids is 1. The topological polar surface area (TPSA) is 41.1 Å². The summed E-state index contributed by atoms with van der Waals surface area (Å²) in [5, 5.41) is 5.72. The van der Waals surface area contributed by atoms with Gasteiger partial charge in [0, 0.05) is 15.7 Å². The molecule has 0 atom stereocenters. The molecule has 0 unspecified atom stereocenters. The molecule has 0 spiro atoms. The van der Waals surface area contributed by atoms with Gasteiger partial charge in [-0.25, -0.2) is 4.39 Å². The van der Waals surface area contributed by atoms with Crippen molar-refractivity contribution in [3.63, 3.8) is 0 Å². The maximum atomic E-state index is 13.1. The Hall–Kier alpha value is -1.79. The van der Waals surface area contributed by atoms with E-state index in [2.05, 4.69) is 26.6 Å². The van der Waals surface area contributed by atoms with Gasteiger partial charge in [0.05, 0.1) is 0 Å². The van der Waals surface area contributed by atoms with E-state index in [4.69, 9.17) is 12.2 Å². The summed E-state index contributed by atoms with van der Waals surface area (Å²) in [4.78, 5) is 12.0. The van der Waals surface area contributed by atoms with Gasteiger partial charge in [-0.05, 0) is 67.5 Å². The van der Waals surface area contributed by atoms with Crippen LogP contribution in [0, 0.1) is 19.7 Å². The Morgan fingerprint density at radius 1 is 1.18 bits per heavy atom. The summed E-state index contributed by atoms with van der Waals surface area (Å²) in [6.45, 7) is 3.88. The summed E-state index contributed by atoms with van der Waals surface area (Å²) in [5.74, 6) is -0.921. The predicted octanol–water partition coefficient (Wildman–Crippen LogP) is 4.33. The molecule has 22 heavy (non-hydrogen) atoms. The van der Waals surface area contributed by atoms with Crippen LogP contribution in [0.4, 0.5) is 10.1 Å². The van der Waals surface area contributed by atoms with E-state index >= 15 is 0 Å². The summed E-state index contributed by atoms with van der Waals surface area (Å²) in [6.07, 6.45) is 0. The highest BCUT2D eigenvalue weighted by molar-refractivity contribution is 9.10. The zero-order valence-electron chi connectivity index (χ0n) is 12.0. The number of anilines is 1. The second-order valence-corrected chi connectivity index (χ2v) is 6.16. The third-order valence-electron chi connectivity index (χ3n) is 3.05. The number of hydrogen-bond acceptors (Lipinski definition) is 2. The lowest BCUT2D eigenvalue weighted by atomic mass is 10.1. The van der Waals surface area contributed by atoms with Gasteiger partial charge in [0.2, 0.25) is 0 Å². The van der Waals surface area contributed by atoms with E-state index < -0.39 is 11.7 Å². The molecule has 3 nitrogen and oxygen atoms in total. The van der Waals surface area contributed by atoms with E-state index in [9.17, 15) is 9.18 Å². The first kappa shape index (κ1) is 16.6. The Kier molecular flexibility index (Phi) is 5.26. The molecule has 0 saturated carbocycles. The Morgan fingerprint density at radius 2 is 1.82 bits per heavy atom. The van der Waals surface area contributed by atoms with Crippen LogP contribution in [0.15, 0.2) is 40.9 Å². The Balaban J connectivity index is 2.09. The zero-order valence-corrected chi connectivity index (χ0v) is 14.4. The van der Waals surface area contributed by atoms with Gasteiger partial charge in [-0.1, -0.05) is 22.0 Å². The monoisotopic (exact) mass is 380 g/mol. The minimum atomic E-state index is -0.467. The molecule has 0 aromatic heterocycles. The molecule has 0 aliphatic heterocycles. The SMILES string of the molecule is Cc1cc(Br)cc(C)c1NC(=S)NC(=O)c1cccc(F)c1. The fourth-order valence-electron chi connectivity index (χ4n) is 2.06. The van der Waals surface area contributed by atoms with Crippen LogP contribution in [0.25, 0.3) is 0 Å². The number of carbonyl (C=O) groups is 1. The van der Waals surface area contributed by atoms with Gasteiger partial charge < -0.3 is 5.32 Å². The lowest BCUT2D eigenvalue weighted by molar-refractivity contribution is 0.0977. The van der Waals surface area contributed by atoms with E-state index in [0.29, 0.717) is 0 Å². The van der Waals surface area contributed by atoms with Crippen LogP contribution in [-0.2, 0) is 0 Å². The number of thiocarbonyl (C=S) groups is 1. The molecule has 1 amide bonds. The van der Waals surface area contributed by atoms with Gasteiger partial charge in [-0.15, -0.1) is 0 Å². The number of hydrogen-bond donors (Lipinski definition) is 2. The van der Waals surface area contributed by atoms with Crippen molar-refractivity contribution >= 4 is 44.9 Å². The largest absolute Gasteiger partial charge is 0.332 e. The molecule has 0 bridgehead atoms. The third kappa shape index (κ3) is 4.11. The lowest BCUT2D eigenvalue weighted by Crippen LogP contribution is -2.34. The van der Waals surface area contributed by atoms with Gasteiger partial charge in [0.25, 0.3) is 5.91 Å². The minimum absolute atomic E-state index is 0.169. The Morgan fingerprint density at radius 3 is 2.41 bits per heavy atom. The highest BCUT2D eigenvalue weighted by Gasteiger charge is 2.11. The lowest BCUT2D eigenvalue weighted by Gasteiger charge is -2.14. The maximum absolute atomic E-state index is 13.1. The van der Waals surface area contributed by atoms with E-state index in [1.807, 2.05) is 26.0 Å². The number of halogens is 2. The summed E-state index contributed by atoms with van der Waals surface area (Å²) >= 11 is 8.57. The van der Waals surface area contributed by atoms with E-state index in [1.54, 1.807) is 0 Å². The Bertz CT molecular complexity index is 726. The normalized spacial score (nSPS) is 10.2. The van der Waals surface area contributed by atoms with Crippen molar-refractivity contribution in [2.75, 3.05) is 5.32 Å². The fourth-order valence-corrected chi connectivity index (χ4v) is 2.94. The van der Waals surface area contributed by atoms with Crippen LogP contribution in [0.5, 0.6) is 0 Å². The van der Waals surface area contributed by atoms with Crippen LogP contribution < -0.4 is 10.6 Å². The van der Waals surface area contributed by atoms with Crippen molar-refractivity contribution in [1.82, 2.24) is 5.32 Å². The second kappa shape index (κ2) is 6.98. The van der Waals surface area contributed by atoms with Crippen molar-refractivity contribution in [3.05, 3.63) is 63.4 Å². The molecule has 0 aliphatic rings. The van der Waals surface area contributed by atoms with Crippen LogP contribution in [0.3, 0.4) is 0 Å². The first-order chi connectivity index (χ1) is 10.4. The molecule has 0 heterocycles. The average molecular weight is 381 g/mol. The van der Waals surface area contributed by atoms with E-state index in [-0.39, 0.29) is 10.7 Å². The summed E-state index contributed by atoms with van der Waals surface area (Å²) < 4.78 is 14.1. The van der Waals surface area contributed by atoms with Crippen LogP contribution >= 0.6 is 28.1 Å². The van der Waals surface area contributed by atoms with Gasteiger partial charge >= 0.3 is 0 Å². The molecule has 0 fully saturated rings. The van der Waals surface area contributed by atoms with Crippen molar-refractivity contribution in [3.8, 4) is 0 Å². The molecular formula is C16H14BrFN2OS. The average Bonchev–Trinajstić information content (AvgIpc) is 2.42. The van der Waals surface area contributed by atoms with Gasteiger partial charge in [-0.2, -0.15) is 0 Å². The molecule has 2 aromatic carbocycles. The molecule has 2 rings (SSSR count). The summed E-state index contributed by atoms with van der Waals surface area (Å²) in [5.41, 5.74) is 3.05. The number of benzene rings is 2. The third-order valence-corrected chi connectivity index (χ3v) is 3.71. The standard InChI is InChI=1S/C16H14BrFN2OS/c1-9-6-12(17)7-10(2)14(9)19-16(22)20-15(21)11-4-3-5-13(18)8-11/h3-8H,1-2H3,(H2,19,20,21,22). The number of rotatable bonds is 2. The van der Waals surface area contributed by atoms with E-state index in [1.165, 1.54) is 18.2 Å². The quantitative estimate of drug-likeness (QED) is 0.761. The van der Waals surface area contributed by atoms with E-state index in [0.717, 1.165) is 27.4 Å². The number of aryl methyl sites for hydroxylation is 2. The number of amides is 1. The van der Waals surface area contributed by atoms with Gasteiger partial charge in [0.1, 0.15) is 5.82 Å². The smallest absolute Gasteiger partial charge is 0.257 e. The van der Waals surface area contributed by atoms with Crippen LogP contribution in [-0.4, -0.2) is 11.0 Å². The van der Waals surface area contributed by atoms with Gasteiger partial charge in [-0.3, -0.25) is 10.1 Å². The number of nitrogens with one attached hydrogen (secondary N) is 2. The van der Waals surface area contributed by atoms with Crippen molar-refractivity contribution in [2.45, 2.75) is 13.8 Å². The first-order valence-corrected chi connectivity index (χ1v) is 7.71. The predicted molar refractivity (Wildman–Crippen MR) is 93.7 cm³/mol. The van der Waals surface area contributed by atoms with Gasteiger partial charge in [0.15, 0.2) is 5.11 Å². The molecule has 0 aliphatic carbocycles. The Labute approximate surface area is 142 Å². The molecule has 114 valence electrons. The van der Waals surface area contributed by atoms with Crippen LogP contribution in [0.2, 0.25) is 0 Å². The molecule has 0 radical (unpaired) electrons. The van der Waals surface area contributed by atoms with Crippen molar-refractivity contribution in [2.24, 2.45) is 0 Å². The highest BCUT2D eigenvalue weighted by atomic mass is 79.9. The summed E-state index contributed by atoms with van der Waals surface area (Å²) in [7, 11) is 0. The fraction of sp³-hybridized carbons (Fsp3) is 0.125. The first-order valence-electron chi connectivity index (χ1n) is 6.51. The van der Waals surface area contributed by atoms with Crippen molar-refractivity contribution in [1.29, 1.82) is 0 Å². The molecule has 2 aromatic rings. The molecule has 6 heteroatoms. The molecular weight excluding hydrogens is 367 g/mol. The van der Waals surface area contributed by atoms with Crippen LogP contribution in [0.1, 0.15) is 21.5 Å². The highest BCUT2D eigenvalue weighted by Crippen LogP contribution is 2.25. The zero-order chi connectivity index (χ0) is 16.3.